The first-order valence-electron chi connectivity index (χ1n) is 11.9. The summed E-state index contributed by atoms with van der Waals surface area (Å²) in [5, 5.41) is 22.8. The number of nitrogens with zero attached hydrogens (tertiary/aromatic N) is 2. The summed E-state index contributed by atoms with van der Waals surface area (Å²) in [4.78, 5) is 9.65. The van der Waals surface area contributed by atoms with Crippen molar-refractivity contribution in [2.45, 2.75) is 90.1 Å². The number of aliphatic imine (C=N–C) groups is 2. The van der Waals surface area contributed by atoms with E-state index in [1.54, 1.807) is 24.6 Å². The van der Waals surface area contributed by atoms with Crippen molar-refractivity contribution in [3.05, 3.63) is 56.6 Å². The number of hydrogen-bond donors (Lipinski definition) is 2. The second-order valence-corrected chi connectivity index (χ2v) is 12.1. The average molecular weight is 594 g/mol. The van der Waals surface area contributed by atoms with E-state index < -0.39 is 0 Å². The van der Waals surface area contributed by atoms with Crippen LogP contribution in [0.2, 0.25) is 10.0 Å². The van der Waals surface area contributed by atoms with Crippen LogP contribution in [-0.2, 0) is 27.9 Å². The van der Waals surface area contributed by atoms with Gasteiger partial charge in [0.05, 0.1) is 12.1 Å². The Kier molecular flexibility index (Phi) is 11.9. The minimum absolute atomic E-state index is 0. The van der Waals surface area contributed by atoms with Gasteiger partial charge in [-0.3, -0.25) is 9.98 Å². The fraction of sp³-hybridized carbons (Fsp3) is 0.500. The van der Waals surface area contributed by atoms with Crippen LogP contribution in [0.3, 0.4) is 0 Å². The van der Waals surface area contributed by atoms with Crippen molar-refractivity contribution in [1.29, 1.82) is 0 Å². The molecule has 0 amide bonds. The number of hydrogen-bond acceptors (Lipinski definition) is 4. The van der Waals surface area contributed by atoms with E-state index in [-0.39, 0.29) is 63.9 Å². The molecule has 3 rings (SSSR count). The second kappa shape index (κ2) is 13.0. The van der Waals surface area contributed by atoms with E-state index in [1.807, 2.05) is 53.7 Å². The smallest absolute Gasteiger partial charge is 0.128 e. The molecule has 0 aliphatic heterocycles. The van der Waals surface area contributed by atoms with Gasteiger partial charge in [-0.15, -0.1) is 0 Å². The third kappa shape index (κ3) is 8.13. The Morgan fingerprint density at radius 1 is 0.722 bits per heavy atom. The summed E-state index contributed by atoms with van der Waals surface area (Å²) in [6, 6.07) is 7.09. The van der Waals surface area contributed by atoms with Gasteiger partial charge in [-0.1, -0.05) is 77.6 Å². The summed E-state index contributed by atoms with van der Waals surface area (Å²) in [5.74, 6) is 0.435. The van der Waals surface area contributed by atoms with Gasteiger partial charge in [-0.2, -0.15) is 0 Å². The van der Waals surface area contributed by atoms with Gasteiger partial charge in [0.15, 0.2) is 0 Å². The second-order valence-electron chi connectivity index (χ2n) is 11.3. The molecule has 4 nitrogen and oxygen atoms in total. The van der Waals surface area contributed by atoms with Crippen LogP contribution in [-0.4, -0.2) is 34.7 Å². The number of rotatable bonds is 4. The molecule has 2 atom stereocenters. The summed E-state index contributed by atoms with van der Waals surface area (Å²) < 4.78 is 0. The molecule has 1 aliphatic carbocycles. The van der Waals surface area contributed by atoms with Crippen molar-refractivity contribution in [3.63, 3.8) is 0 Å². The van der Waals surface area contributed by atoms with E-state index in [0.717, 1.165) is 36.8 Å². The van der Waals surface area contributed by atoms with E-state index >= 15 is 0 Å². The molecule has 1 saturated carbocycles. The van der Waals surface area contributed by atoms with Gasteiger partial charge in [-0.05, 0) is 47.9 Å². The normalized spacial score (nSPS) is 18.8. The van der Waals surface area contributed by atoms with Gasteiger partial charge < -0.3 is 22.6 Å². The minimum atomic E-state index is -0.236. The number of aromatic hydroxyl groups is 2. The Morgan fingerprint density at radius 2 is 1.06 bits per heavy atom. The quantitative estimate of drug-likeness (QED) is 0.393. The molecule has 0 heterocycles. The molecule has 0 saturated heterocycles. The average Bonchev–Trinajstić information content (AvgIpc) is 2.73. The minimum Gasteiger partial charge on any atom is -1.00 e. The molecular weight excluding hydrogens is 558 g/mol. The zero-order valence-electron chi connectivity index (χ0n) is 21.7. The summed E-state index contributed by atoms with van der Waals surface area (Å²) in [6.07, 6.45) is 7.45. The predicted octanol–water partition coefficient (Wildman–Crippen LogP) is 4.85. The summed E-state index contributed by atoms with van der Waals surface area (Å²) >= 11 is 12.7. The SMILES string of the molecule is CC(C)(C)c1cc(Cl)cc(C=N[C@@H]2CCCC[C@H]2N=Cc2cc(Cl)cc(C(C)(C)C)c2O)c1O.[Cl-].[Mn]. The molecule has 1 radical (unpaired) electrons. The first-order valence-corrected chi connectivity index (χ1v) is 12.7. The third-order valence-electron chi connectivity index (χ3n) is 6.33. The summed E-state index contributed by atoms with van der Waals surface area (Å²) in [6.45, 7) is 12.3. The largest absolute Gasteiger partial charge is 1.00 e. The molecular formula is C28H36Cl3MnN2O2-. The standard InChI is InChI=1S/C28H36Cl2N2O2.ClH.Mn/c1-27(2,3)21-13-19(29)11-17(25(21)33)15-31-23-9-7-8-10-24(23)32-16-18-12-20(30)14-22(26(18)34)28(4,5)6;;/h11-16,23-24,33-34H,7-10H2,1-6H3;1H;/p-1/t23-,24-;;/m1../s1. The number of benzene rings is 2. The molecule has 2 aromatic carbocycles. The Morgan fingerprint density at radius 3 is 1.36 bits per heavy atom. The zero-order chi connectivity index (χ0) is 25.3. The Labute approximate surface area is 242 Å². The van der Waals surface area contributed by atoms with Gasteiger partial charge in [0.25, 0.3) is 0 Å². The summed E-state index contributed by atoms with van der Waals surface area (Å²) in [5.41, 5.74) is 2.36. The Hall–Kier alpha value is -1.23. The Balaban J connectivity index is 0.00000324. The molecule has 1 fully saturated rings. The first kappa shape index (κ1) is 32.8. The van der Waals surface area contributed by atoms with Crippen molar-refractivity contribution < 1.29 is 39.7 Å². The van der Waals surface area contributed by atoms with Crippen molar-refractivity contribution in [2.24, 2.45) is 9.98 Å². The van der Waals surface area contributed by atoms with Gasteiger partial charge >= 0.3 is 0 Å². The monoisotopic (exact) mass is 592 g/mol. The van der Waals surface area contributed by atoms with E-state index in [9.17, 15) is 10.2 Å². The van der Waals surface area contributed by atoms with Gasteiger partial charge in [-0.25, -0.2) is 0 Å². The van der Waals surface area contributed by atoms with Crippen LogP contribution < -0.4 is 12.4 Å². The maximum atomic E-state index is 10.8. The molecule has 8 heteroatoms. The molecule has 36 heavy (non-hydrogen) atoms. The molecule has 1 aliphatic rings. The van der Waals surface area contributed by atoms with E-state index in [0.29, 0.717) is 21.2 Å². The number of phenols is 2. The Bertz CT molecular complexity index is 1020. The van der Waals surface area contributed by atoms with Crippen LogP contribution in [0.15, 0.2) is 34.3 Å². The van der Waals surface area contributed by atoms with Crippen LogP contribution in [0, 0.1) is 0 Å². The van der Waals surface area contributed by atoms with Crippen molar-refractivity contribution in [2.75, 3.05) is 0 Å². The van der Waals surface area contributed by atoms with Crippen LogP contribution in [0.5, 0.6) is 11.5 Å². The van der Waals surface area contributed by atoms with E-state index in [4.69, 9.17) is 33.2 Å². The van der Waals surface area contributed by atoms with E-state index in [2.05, 4.69) is 0 Å². The predicted molar refractivity (Wildman–Crippen MR) is 145 cm³/mol. The molecule has 0 aromatic heterocycles. The fourth-order valence-electron chi connectivity index (χ4n) is 4.37. The van der Waals surface area contributed by atoms with Crippen LogP contribution >= 0.6 is 23.2 Å². The maximum Gasteiger partial charge on any atom is 0.128 e. The van der Waals surface area contributed by atoms with Gasteiger partial charge in [0.1, 0.15) is 11.5 Å². The summed E-state index contributed by atoms with van der Waals surface area (Å²) in [7, 11) is 0. The molecule has 0 bridgehead atoms. The van der Waals surface area contributed by atoms with Gasteiger partial charge in [0, 0.05) is 61.8 Å². The van der Waals surface area contributed by atoms with Crippen LogP contribution in [0.1, 0.15) is 89.5 Å². The van der Waals surface area contributed by atoms with Gasteiger partial charge in [0.2, 0.25) is 0 Å². The topological polar surface area (TPSA) is 65.2 Å². The first-order chi connectivity index (χ1) is 15.8. The van der Waals surface area contributed by atoms with Crippen LogP contribution in [0.25, 0.3) is 0 Å². The van der Waals surface area contributed by atoms with E-state index in [1.165, 1.54) is 0 Å². The fourth-order valence-corrected chi connectivity index (χ4v) is 4.83. The zero-order valence-corrected chi connectivity index (χ0v) is 25.2. The maximum absolute atomic E-state index is 10.8. The molecule has 0 unspecified atom stereocenters. The molecule has 199 valence electrons. The number of halogens is 3. The molecule has 0 spiro atoms. The molecule has 2 aromatic rings. The van der Waals surface area contributed by atoms with Crippen molar-refractivity contribution >= 4 is 35.6 Å². The third-order valence-corrected chi connectivity index (χ3v) is 6.76. The van der Waals surface area contributed by atoms with Crippen molar-refractivity contribution in [3.8, 4) is 11.5 Å². The molecule has 2 N–H and O–H groups in total. The number of phenolic OH excluding ortho intramolecular Hbond substituents is 2. The van der Waals surface area contributed by atoms with Crippen LogP contribution in [0.4, 0.5) is 0 Å². The van der Waals surface area contributed by atoms with Crippen molar-refractivity contribution in [1.82, 2.24) is 0 Å².